The molecular formula is C24H30Cl2N2O3. The molecule has 0 saturated heterocycles. The number of nitrogens with zero attached hydrogens (tertiary/aromatic N) is 1. The van der Waals surface area contributed by atoms with Gasteiger partial charge in [-0.2, -0.15) is 0 Å². The van der Waals surface area contributed by atoms with E-state index in [0.717, 1.165) is 12.0 Å². The molecule has 0 aromatic heterocycles. The maximum absolute atomic E-state index is 13.2. The summed E-state index contributed by atoms with van der Waals surface area (Å²) in [6.07, 6.45) is 1.24. The van der Waals surface area contributed by atoms with Crippen LogP contribution in [0.25, 0.3) is 0 Å². The molecule has 0 fully saturated rings. The molecule has 1 N–H and O–H groups in total. The third kappa shape index (κ3) is 7.15. The van der Waals surface area contributed by atoms with Crippen LogP contribution in [0, 0.1) is 6.92 Å². The van der Waals surface area contributed by atoms with Crippen molar-refractivity contribution in [2.45, 2.75) is 59.2 Å². The Labute approximate surface area is 194 Å². The number of halogens is 2. The third-order valence-corrected chi connectivity index (χ3v) is 5.87. The van der Waals surface area contributed by atoms with Crippen molar-refractivity contribution in [3.63, 3.8) is 0 Å². The second-order valence-corrected chi connectivity index (χ2v) is 8.38. The number of amides is 2. The fourth-order valence-electron chi connectivity index (χ4n) is 3.08. The van der Waals surface area contributed by atoms with Gasteiger partial charge < -0.3 is 15.0 Å². The van der Waals surface area contributed by atoms with Crippen LogP contribution in [-0.2, 0) is 16.1 Å². The summed E-state index contributed by atoms with van der Waals surface area (Å²) < 4.78 is 5.69. The molecule has 2 aromatic carbocycles. The van der Waals surface area contributed by atoms with Crippen molar-refractivity contribution >= 4 is 35.0 Å². The Morgan fingerprint density at radius 2 is 1.65 bits per heavy atom. The lowest BCUT2D eigenvalue weighted by Crippen LogP contribution is -2.51. The first kappa shape index (κ1) is 25.0. The first-order chi connectivity index (χ1) is 14.8. The average molecular weight is 465 g/mol. The molecule has 5 nitrogen and oxygen atoms in total. The van der Waals surface area contributed by atoms with Crippen LogP contribution in [0.5, 0.6) is 5.75 Å². The minimum atomic E-state index is -0.671. The van der Waals surface area contributed by atoms with E-state index in [1.807, 2.05) is 52.0 Å². The highest BCUT2D eigenvalue weighted by atomic mass is 35.5. The van der Waals surface area contributed by atoms with Crippen LogP contribution in [0.3, 0.4) is 0 Å². The summed E-state index contributed by atoms with van der Waals surface area (Å²) in [5, 5.41) is 3.86. The molecule has 2 aromatic rings. The molecule has 2 amide bonds. The van der Waals surface area contributed by atoms with Crippen LogP contribution in [0.1, 0.15) is 44.7 Å². The smallest absolute Gasteiger partial charge is 0.261 e. The number of ether oxygens (including phenoxy) is 1. The van der Waals surface area contributed by atoms with Crippen molar-refractivity contribution in [1.29, 1.82) is 0 Å². The molecule has 31 heavy (non-hydrogen) atoms. The van der Waals surface area contributed by atoms with Crippen molar-refractivity contribution in [1.82, 2.24) is 10.2 Å². The van der Waals surface area contributed by atoms with E-state index in [-0.39, 0.29) is 31.0 Å². The second kappa shape index (κ2) is 12.0. The summed E-state index contributed by atoms with van der Waals surface area (Å²) in [6, 6.07) is 12.0. The summed E-state index contributed by atoms with van der Waals surface area (Å²) in [5.41, 5.74) is 1.70. The van der Waals surface area contributed by atoms with Crippen LogP contribution < -0.4 is 10.1 Å². The molecule has 7 heteroatoms. The van der Waals surface area contributed by atoms with Crippen LogP contribution in [-0.4, -0.2) is 35.4 Å². The van der Waals surface area contributed by atoms with Gasteiger partial charge in [0, 0.05) is 28.2 Å². The van der Waals surface area contributed by atoms with Crippen LogP contribution in [0.2, 0.25) is 10.0 Å². The fraction of sp³-hybridized carbons (Fsp3) is 0.417. The normalized spacial score (nSPS) is 12.7. The van der Waals surface area contributed by atoms with E-state index < -0.39 is 6.04 Å². The molecule has 0 aliphatic rings. The summed E-state index contributed by atoms with van der Waals surface area (Å²) in [4.78, 5) is 27.7. The van der Waals surface area contributed by atoms with Crippen LogP contribution >= 0.6 is 23.2 Å². The van der Waals surface area contributed by atoms with Gasteiger partial charge in [0.1, 0.15) is 11.8 Å². The zero-order valence-corrected chi connectivity index (χ0v) is 20.0. The molecule has 0 spiro atoms. The highest BCUT2D eigenvalue weighted by Gasteiger charge is 2.30. The van der Waals surface area contributed by atoms with Crippen molar-refractivity contribution in [3.8, 4) is 5.75 Å². The SMILES string of the molecule is CC[C@@H](C)NC(=O)[C@H](CC)N(Cc1c(Cl)cccc1Cl)C(=O)COc1ccc(C)cc1. The predicted molar refractivity (Wildman–Crippen MR) is 126 cm³/mol. The first-order valence-electron chi connectivity index (χ1n) is 10.5. The number of rotatable bonds is 10. The van der Waals surface area contributed by atoms with Crippen molar-refractivity contribution < 1.29 is 14.3 Å². The molecule has 0 radical (unpaired) electrons. The first-order valence-corrected chi connectivity index (χ1v) is 11.2. The number of benzene rings is 2. The number of hydrogen-bond donors (Lipinski definition) is 1. The lowest BCUT2D eigenvalue weighted by Gasteiger charge is -2.31. The summed E-state index contributed by atoms with van der Waals surface area (Å²) >= 11 is 12.7. The zero-order valence-electron chi connectivity index (χ0n) is 18.5. The van der Waals surface area contributed by atoms with Gasteiger partial charge in [-0.25, -0.2) is 0 Å². The van der Waals surface area contributed by atoms with Crippen LogP contribution in [0.4, 0.5) is 0 Å². The van der Waals surface area contributed by atoms with Crippen molar-refractivity contribution in [2.24, 2.45) is 0 Å². The molecule has 0 aliphatic heterocycles. The third-order valence-electron chi connectivity index (χ3n) is 5.16. The number of carbonyl (C=O) groups is 2. The predicted octanol–water partition coefficient (Wildman–Crippen LogP) is 5.40. The molecular weight excluding hydrogens is 435 g/mol. The molecule has 0 aliphatic carbocycles. The van der Waals surface area contributed by atoms with Gasteiger partial charge in [0.15, 0.2) is 6.61 Å². The van der Waals surface area contributed by atoms with E-state index in [0.29, 0.717) is 27.8 Å². The van der Waals surface area contributed by atoms with Crippen molar-refractivity contribution in [2.75, 3.05) is 6.61 Å². The average Bonchev–Trinajstić information content (AvgIpc) is 2.74. The number of aryl methyl sites for hydroxylation is 1. The van der Waals surface area contributed by atoms with Gasteiger partial charge in [-0.1, -0.05) is 60.8 Å². The standard InChI is InChI=1S/C24H30Cl2N2O3/c1-5-17(4)27-24(30)22(6-2)28(14-19-20(25)8-7-9-21(19)26)23(29)15-31-18-12-10-16(3)11-13-18/h7-13,17,22H,5-6,14-15H2,1-4H3,(H,27,30)/t17-,22+/m1/s1. The Bertz CT molecular complexity index is 867. The summed E-state index contributed by atoms with van der Waals surface area (Å²) in [5.74, 6) is 0.0678. The van der Waals surface area contributed by atoms with Gasteiger partial charge in [-0.3, -0.25) is 9.59 Å². The topological polar surface area (TPSA) is 58.6 Å². The Kier molecular flexibility index (Phi) is 9.66. The fourth-order valence-corrected chi connectivity index (χ4v) is 3.59. The monoisotopic (exact) mass is 464 g/mol. The van der Waals surface area contributed by atoms with E-state index in [1.165, 1.54) is 4.90 Å². The Morgan fingerprint density at radius 1 is 1.03 bits per heavy atom. The van der Waals surface area contributed by atoms with E-state index in [2.05, 4.69) is 5.32 Å². The van der Waals surface area contributed by atoms with E-state index in [4.69, 9.17) is 27.9 Å². The van der Waals surface area contributed by atoms with Gasteiger partial charge in [0.25, 0.3) is 5.91 Å². The van der Waals surface area contributed by atoms with Gasteiger partial charge in [-0.15, -0.1) is 0 Å². The maximum Gasteiger partial charge on any atom is 0.261 e. The second-order valence-electron chi connectivity index (χ2n) is 7.57. The molecule has 0 heterocycles. The van der Waals surface area contributed by atoms with E-state index in [9.17, 15) is 9.59 Å². The number of carbonyl (C=O) groups excluding carboxylic acids is 2. The summed E-state index contributed by atoms with van der Waals surface area (Å²) in [7, 11) is 0. The molecule has 2 atom stereocenters. The molecule has 0 saturated carbocycles. The summed E-state index contributed by atoms with van der Waals surface area (Å²) in [6.45, 7) is 7.69. The highest BCUT2D eigenvalue weighted by Crippen LogP contribution is 2.27. The van der Waals surface area contributed by atoms with Gasteiger partial charge in [-0.05, 0) is 51.0 Å². The minimum absolute atomic E-state index is 0.00575. The Balaban J connectivity index is 2.27. The largest absolute Gasteiger partial charge is 0.484 e. The Hall–Kier alpha value is -2.24. The van der Waals surface area contributed by atoms with Gasteiger partial charge >= 0.3 is 0 Å². The molecule has 168 valence electrons. The van der Waals surface area contributed by atoms with E-state index >= 15 is 0 Å². The zero-order chi connectivity index (χ0) is 23.0. The molecule has 2 rings (SSSR count). The maximum atomic E-state index is 13.2. The number of nitrogens with one attached hydrogen (secondary N) is 1. The van der Waals surface area contributed by atoms with E-state index in [1.54, 1.807) is 18.2 Å². The van der Waals surface area contributed by atoms with Gasteiger partial charge in [0.05, 0.1) is 0 Å². The van der Waals surface area contributed by atoms with Crippen LogP contribution in [0.15, 0.2) is 42.5 Å². The molecule has 0 unspecified atom stereocenters. The molecule has 0 bridgehead atoms. The Morgan fingerprint density at radius 3 is 2.19 bits per heavy atom. The van der Waals surface area contributed by atoms with Gasteiger partial charge in [0.2, 0.25) is 5.91 Å². The van der Waals surface area contributed by atoms with Crippen molar-refractivity contribution in [3.05, 3.63) is 63.6 Å². The lowest BCUT2D eigenvalue weighted by molar-refractivity contribution is -0.143. The number of hydrogen-bond acceptors (Lipinski definition) is 3. The lowest BCUT2D eigenvalue weighted by atomic mass is 10.1. The highest BCUT2D eigenvalue weighted by molar-refractivity contribution is 6.36. The minimum Gasteiger partial charge on any atom is -0.484 e. The quantitative estimate of drug-likeness (QED) is 0.511.